The molecule has 1 aromatic carbocycles. The second-order valence-corrected chi connectivity index (χ2v) is 8.82. The van der Waals surface area contributed by atoms with Crippen molar-refractivity contribution in [3.05, 3.63) is 60.0 Å². The highest BCUT2D eigenvalue weighted by molar-refractivity contribution is 6.04. The van der Waals surface area contributed by atoms with Gasteiger partial charge in [-0.15, -0.1) is 0 Å². The molecule has 2 aliphatic rings. The number of fused-ring (bicyclic) bond motifs is 1. The monoisotopic (exact) mass is 448 g/mol. The number of piperidine rings is 1. The van der Waals surface area contributed by atoms with Crippen LogP contribution in [0.25, 0.3) is 10.9 Å². The largest absolute Gasteiger partial charge is 0.392 e. The third kappa shape index (κ3) is 4.46. The number of aromatic amines is 1. The van der Waals surface area contributed by atoms with Crippen molar-refractivity contribution in [1.82, 2.24) is 30.3 Å². The molecule has 0 spiro atoms. The quantitative estimate of drug-likeness (QED) is 0.542. The van der Waals surface area contributed by atoms with Crippen molar-refractivity contribution < 1.29 is 14.7 Å². The van der Waals surface area contributed by atoms with E-state index in [1.54, 1.807) is 12.4 Å². The normalized spacial score (nSPS) is 22.0. The van der Waals surface area contributed by atoms with Gasteiger partial charge in [0.2, 0.25) is 5.91 Å². The van der Waals surface area contributed by atoms with Crippen molar-refractivity contribution in [3.8, 4) is 0 Å². The molecule has 172 valence electrons. The van der Waals surface area contributed by atoms with Crippen LogP contribution in [0.4, 0.5) is 0 Å². The summed E-state index contributed by atoms with van der Waals surface area (Å²) in [7, 11) is 0. The molecule has 0 aliphatic carbocycles. The van der Waals surface area contributed by atoms with E-state index in [9.17, 15) is 14.7 Å². The number of aromatic nitrogens is 3. The summed E-state index contributed by atoms with van der Waals surface area (Å²) in [6.45, 7) is 2.09. The average molecular weight is 449 g/mol. The van der Waals surface area contributed by atoms with E-state index in [-0.39, 0.29) is 23.9 Å². The van der Waals surface area contributed by atoms with Crippen LogP contribution in [0.1, 0.15) is 35.3 Å². The third-order valence-electron chi connectivity index (χ3n) is 6.70. The molecule has 2 aromatic heterocycles. The molecule has 3 aromatic rings. The summed E-state index contributed by atoms with van der Waals surface area (Å²) in [6, 6.07) is 11.2. The van der Waals surface area contributed by atoms with E-state index in [1.165, 1.54) is 0 Å². The summed E-state index contributed by atoms with van der Waals surface area (Å²) < 4.78 is 0. The summed E-state index contributed by atoms with van der Waals surface area (Å²) >= 11 is 0. The van der Waals surface area contributed by atoms with E-state index in [0.29, 0.717) is 38.3 Å². The Hall–Kier alpha value is -3.30. The van der Waals surface area contributed by atoms with E-state index in [1.807, 2.05) is 41.3 Å². The van der Waals surface area contributed by atoms with Crippen LogP contribution in [0, 0.1) is 0 Å². The Kier molecular flexibility index (Phi) is 6.06. The van der Waals surface area contributed by atoms with Crippen molar-refractivity contribution in [2.45, 2.75) is 44.0 Å². The zero-order valence-corrected chi connectivity index (χ0v) is 18.4. The lowest BCUT2D eigenvalue weighted by atomic mass is 10.0. The van der Waals surface area contributed by atoms with Gasteiger partial charge < -0.3 is 15.3 Å². The third-order valence-corrected chi connectivity index (χ3v) is 6.70. The maximum Gasteiger partial charge on any atom is 0.274 e. The van der Waals surface area contributed by atoms with E-state index in [4.69, 9.17) is 0 Å². The van der Waals surface area contributed by atoms with Gasteiger partial charge in [-0.05, 0) is 37.0 Å². The number of hydrogen-bond donors (Lipinski definition) is 3. The number of H-pyrrole nitrogens is 1. The fourth-order valence-corrected chi connectivity index (χ4v) is 4.99. The van der Waals surface area contributed by atoms with Crippen LogP contribution < -0.4 is 5.32 Å². The van der Waals surface area contributed by atoms with Crippen LogP contribution in [0.15, 0.2) is 48.8 Å². The molecule has 0 saturated carbocycles. The Morgan fingerprint density at radius 2 is 1.97 bits per heavy atom. The second-order valence-electron chi connectivity index (χ2n) is 8.82. The van der Waals surface area contributed by atoms with Crippen molar-refractivity contribution in [2.24, 2.45) is 0 Å². The topological polar surface area (TPSA) is 114 Å². The van der Waals surface area contributed by atoms with Crippen LogP contribution in [0.5, 0.6) is 0 Å². The van der Waals surface area contributed by atoms with Gasteiger partial charge in [0.05, 0.1) is 17.7 Å². The highest BCUT2D eigenvalue weighted by Crippen LogP contribution is 2.28. The van der Waals surface area contributed by atoms with Crippen LogP contribution in [0.2, 0.25) is 0 Å². The van der Waals surface area contributed by atoms with Crippen LogP contribution in [0.3, 0.4) is 0 Å². The number of aliphatic hydroxyl groups is 1. The Balaban J connectivity index is 1.20. The van der Waals surface area contributed by atoms with E-state index < -0.39 is 6.10 Å². The molecule has 2 fully saturated rings. The van der Waals surface area contributed by atoms with Gasteiger partial charge in [-0.1, -0.05) is 24.3 Å². The number of amides is 2. The number of hydrogen-bond acceptors (Lipinski definition) is 6. The molecule has 2 saturated heterocycles. The minimum atomic E-state index is -0.519. The molecule has 2 amide bonds. The van der Waals surface area contributed by atoms with Gasteiger partial charge in [0.15, 0.2) is 5.69 Å². The highest BCUT2D eigenvalue weighted by atomic mass is 16.3. The van der Waals surface area contributed by atoms with Gasteiger partial charge >= 0.3 is 0 Å². The maximum atomic E-state index is 13.1. The van der Waals surface area contributed by atoms with Crippen LogP contribution >= 0.6 is 0 Å². The first-order valence-corrected chi connectivity index (χ1v) is 11.4. The lowest BCUT2D eigenvalue weighted by Crippen LogP contribution is -2.52. The van der Waals surface area contributed by atoms with Crippen molar-refractivity contribution in [1.29, 1.82) is 0 Å². The lowest BCUT2D eigenvalue weighted by molar-refractivity contribution is -0.126. The number of nitrogens with one attached hydrogen (secondary N) is 2. The molecule has 9 heteroatoms. The number of aliphatic hydroxyl groups excluding tert-OH is 1. The Labute approximate surface area is 191 Å². The summed E-state index contributed by atoms with van der Waals surface area (Å²) in [5.74, 6) is -0.143. The Morgan fingerprint density at radius 3 is 2.76 bits per heavy atom. The van der Waals surface area contributed by atoms with Gasteiger partial charge in [-0.25, -0.2) is 0 Å². The number of carbonyl (C=O) groups excluding carboxylic acids is 2. The highest BCUT2D eigenvalue weighted by Gasteiger charge is 2.41. The Bertz CT molecular complexity index is 1130. The molecule has 0 bridgehead atoms. The summed E-state index contributed by atoms with van der Waals surface area (Å²) in [5, 5.41) is 21.3. The number of β-amino-alcohol motifs (C(OH)–C–C–N with tert-alkyl or cyclic N) is 1. The average Bonchev–Trinajstić information content (AvgIpc) is 3.47. The smallest absolute Gasteiger partial charge is 0.274 e. The molecule has 3 N–H and O–H groups in total. The lowest BCUT2D eigenvalue weighted by Gasteiger charge is -2.38. The van der Waals surface area contributed by atoms with E-state index in [0.717, 1.165) is 29.3 Å². The molecular weight excluding hydrogens is 420 g/mol. The molecule has 0 unspecified atom stereocenters. The van der Waals surface area contributed by atoms with Crippen LogP contribution in [-0.2, 0) is 11.3 Å². The number of nitrogens with zero attached hydrogens (tertiary/aromatic N) is 4. The molecule has 2 atom stereocenters. The molecule has 33 heavy (non-hydrogen) atoms. The van der Waals surface area contributed by atoms with Crippen molar-refractivity contribution in [2.75, 3.05) is 19.6 Å². The van der Waals surface area contributed by atoms with Gasteiger partial charge in [-0.3, -0.25) is 24.6 Å². The number of carbonyl (C=O) groups is 2. The fraction of sp³-hybridized carbons (Fsp3) is 0.417. The van der Waals surface area contributed by atoms with Crippen molar-refractivity contribution >= 4 is 22.7 Å². The molecule has 0 radical (unpaired) electrons. The molecule has 4 heterocycles. The second kappa shape index (κ2) is 9.29. The number of benzene rings is 1. The van der Waals surface area contributed by atoms with Gasteiger partial charge in [0, 0.05) is 50.0 Å². The number of para-hydroxylation sites is 1. The summed E-state index contributed by atoms with van der Waals surface area (Å²) in [5.41, 5.74) is 2.24. The first-order valence-electron chi connectivity index (χ1n) is 11.4. The summed E-state index contributed by atoms with van der Waals surface area (Å²) in [6.07, 6.45) is 4.86. The number of likely N-dealkylation sites (tertiary alicyclic amines) is 2. The molecule has 9 nitrogen and oxygen atoms in total. The predicted octanol–water partition coefficient (Wildman–Crippen LogP) is 1.31. The van der Waals surface area contributed by atoms with Gasteiger partial charge in [0.1, 0.15) is 0 Å². The number of pyridine rings is 1. The molecule has 2 aliphatic heterocycles. The SMILES string of the molecule is O=C(NCc1cccnc1)[C@@H]1C[C@@H](O)CN1C1CCN(C(=O)c2n[nH]c3ccccc23)CC1. The molecule has 5 rings (SSSR count). The van der Waals surface area contributed by atoms with E-state index >= 15 is 0 Å². The van der Waals surface area contributed by atoms with Gasteiger partial charge in [0.25, 0.3) is 5.91 Å². The van der Waals surface area contributed by atoms with Crippen molar-refractivity contribution in [3.63, 3.8) is 0 Å². The van der Waals surface area contributed by atoms with Gasteiger partial charge in [-0.2, -0.15) is 5.10 Å². The minimum Gasteiger partial charge on any atom is -0.392 e. The van der Waals surface area contributed by atoms with E-state index in [2.05, 4.69) is 25.4 Å². The maximum absolute atomic E-state index is 13.1. The standard InChI is InChI=1S/C24H28N6O3/c31-18-12-21(23(32)26-14-16-4-3-9-25-13-16)30(15-18)17-7-10-29(11-8-17)24(33)22-19-5-1-2-6-20(19)27-28-22/h1-6,9,13,17-18,21,31H,7-8,10-12,14-15H2,(H,26,32)(H,27,28)/t18-,21+/m1/s1. The fourth-order valence-electron chi connectivity index (χ4n) is 4.99. The minimum absolute atomic E-state index is 0.0712. The first-order chi connectivity index (χ1) is 16.1. The zero-order valence-electron chi connectivity index (χ0n) is 18.4. The predicted molar refractivity (Wildman–Crippen MR) is 122 cm³/mol. The number of rotatable bonds is 5. The first kappa shape index (κ1) is 21.5. The molecular formula is C24H28N6O3. The zero-order chi connectivity index (χ0) is 22.8. The summed E-state index contributed by atoms with van der Waals surface area (Å²) in [4.78, 5) is 34.0. The van der Waals surface area contributed by atoms with Crippen LogP contribution in [-0.4, -0.2) is 79.7 Å². The Morgan fingerprint density at radius 1 is 1.15 bits per heavy atom.